The van der Waals surface area contributed by atoms with E-state index in [0.717, 1.165) is 18.2 Å². The number of benzene rings is 2. The van der Waals surface area contributed by atoms with Crippen LogP contribution in [0.2, 0.25) is 5.02 Å². The van der Waals surface area contributed by atoms with E-state index >= 15 is 0 Å². The number of hydrogen-bond donors (Lipinski definition) is 1. The van der Waals surface area contributed by atoms with Crippen molar-refractivity contribution in [2.75, 3.05) is 24.2 Å². The fourth-order valence-corrected chi connectivity index (χ4v) is 4.33. The molecule has 2 aromatic carbocycles. The minimum atomic E-state index is -3.52. The average Bonchev–Trinajstić information content (AvgIpc) is 2.70. The Bertz CT molecular complexity index is 962. The standard InChI is InChI=1S/C22H29ClN2O4S/c1-5-17-8-10-18(11-9-17)16(2)24-22(26)7-6-14-25(30(4,27)28)19-12-13-21(29-3)20(23)15-19/h8-13,15-16H,5-7,14H2,1-4H3,(H,24,26). The summed E-state index contributed by atoms with van der Waals surface area (Å²) in [4.78, 5) is 12.3. The summed E-state index contributed by atoms with van der Waals surface area (Å²) in [6.45, 7) is 4.20. The van der Waals surface area contributed by atoms with E-state index in [4.69, 9.17) is 16.3 Å². The Morgan fingerprint density at radius 2 is 1.87 bits per heavy atom. The number of anilines is 1. The lowest BCUT2D eigenvalue weighted by molar-refractivity contribution is -0.121. The minimum Gasteiger partial charge on any atom is -0.495 e. The fourth-order valence-electron chi connectivity index (χ4n) is 3.12. The Balaban J connectivity index is 1.96. The summed E-state index contributed by atoms with van der Waals surface area (Å²) in [5.41, 5.74) is 2.72. The molecule has 0 fully saturated rings. The van der Waals surface area contributed by atoms with Crippen molar-refractivity contribution in [3.8, 4) is 5.75 Å². The minimum absolute atomic E-state index is 0.116. The first-order valence-corrected chi connectivity index (χ1v) is 12.1. The van der Waals surface area contributed by atoms with E-state index in [2.05, 4.69) is 24.4 Å². The van der Waals surface area contributed by atoms with Crippen LogP contribution in [0.3, 0.4) is 0 Å². The Labute approximate surface area is 184 Å². The third kappa shape index (κ3) is 6.64. The van der Waals surface area contributed by atoms with E-state index in [-0.39, 0.29) is 24.9 Å². The van der Waals surface area contributed by atoms with Crippen molar-refractivity contribution in [3.05, 3.63) is 58.6 Å². The molecule has 0 saturated heterocycles. The summed E-state index contributed by atoms with van der Waals surface area (Å²) in [6, 6.07) is 12.8. The average molecular weight is 453 g/mol. The van der Waals surface area contributed by atoms with Crippen LogP contribution >= 0.6 is 11.6 Å². The van der Waals surface area contributed by atoms with Crippen LogP contribution in [0.25, 0.3) is 0 Å². The van der Waals surface area contributed by atoms with Crippen LogP contribution in [0.1, 0.15) is 43.9 Å². The van der Waals surface area contributed by atoms with Crippen LogP contribution in [0.4, 0.5) is 5.69 Å². The topological polar surface area (TPSA) is 75.7 Å². The monoisotopic (exact) mass is 452 g/mol. The molecule has 0 bridgehead atoms. The SMILES string of the molecule is CCc1ccc(C(C)NC(=O)CCCN(c2ccc(OC)c(Cl)c2)S(C)(=O)=O)cc1. The van der Waals surface area contributed by atoms with Crippen molar-refractivity contribution in [2.24, 2.45) is 0 Å². The highest BCUT2D eigenvalue weighted by Crippen LogP contribution is 2.30. The predicted octanol–water partition coefficient (Wildman–Crippen LogP) is 4.33. The Hall–Kier alpha value is -2.25. The number of amides is 1. The zero-order chi connectivity index (χ0) is 22.3. The Morgan fingerprint density at radius 3 is 2.40 bits per heavy atom. The van der Waals surface area contributed by atoms with Crippen molar-refractivity contribution < 1.29 is 17.9 Å². The number of carbonyl (C=O) groups excluding carboxylic acids is 1. The molecule has 1 amide bonds. The summed E-state index contributed by atoms with van der Waals surface area (Å²) in [5.74, 6) is 0.345. The first-order valence-electron chi connectivity index (χ1n) is 9.85. The lowest BCUT2D eigenvalue weighted by atomic mass is 10.0. The van der Waals surface area contributed by atoms with Gasteiger partial charge in [0, 0.05) is 13.0 Å². The van der Waals surface area contributed by atoms with Gasteiger partial charge in [-0.2, -0.15) is 0 Å². The van der Waals surface area contributed by atoms with E-state index in [1.54, 1.807) is 18.2 Å². The number of halogens is 1. The molecule has 2 aromatic rings. The van der Waals surface area contributed by atoms with Crippen LogP contribution < -0.4 is 14.4 Å². The number of sulfonamides is 1. The molecule has 0 spiro atoms. The lowest BCUT2D eigenvalue weighted by Crippen LogP contribution is -2.32. The molecule has 0 saturated carbocycles. The molecule has 0 radical (unpaired) electrons. The van der Waals surface area contributed by atoms with Crippen molar-refractivity contribution >= 4 is 33.2 Å². The molecule has 0 heterocycles. The number of ether oxygens (including phenoxy) is 1. The molecule has 1 unspecified atom stereocenters. The number of rotatable bonds is 10. The highest BCUT2D eigenvalue weighted by molar-refractivity contribution is 7.92. The van der Waals surface area contributed by atoms with Gasteiger partial charge in [-0.15, -0.1) is 0 Å². The van der Waals surface area contributed by atoms with Crippen LogP contribution in [0.15, 0.2) is 42.5 Å². The second-order valence-corrected chi connectivity index (χ2v) is 9.46. The molecule has 0 aliphatic rings. The summed E-state index contributed by atoms with van der Waals surface area (Å²) in [7, 11) is -2.03. The van der Waals surface area contributed by atoms with Gasteiger partial charge in [0.05, 0.1) is 30.1 Å². The van der Waals surface area contributed by atoms with Gasteiger partial charge in [-0.05, 0) is 49.1 Å². The van der Waals surface area contributed by atoms with Crippen LogP contribution in [-0.2, 0) is 21.2 Å². The Kier molecular flexibility index (Phi) is 8.55. The molecule has 0 aliphatic heterocycles. The van der Waals surface area contributed by atoms with Gasteiger partial charge in [-0.3, -0.25) is 9.10 Å². The molecule has 1 N–H and O–H groups in total. The third-order valence-electron chi connectivity index (χ3n) is 4.85. The number of methoxy groups -OCH3 is 1. The zero-order valence-corrected chi connectivity index (χ0v) is 19.4. The second-order valence-electron chi connectivity index (χ2n) is 7.14. The molecule has 0 aromatic heterocycles. The van der Waals surface area contributed by atoms with Gasteiger partial charge < -0.3 is 10.1 Å². The van der Waals surface area contributed by atoms with Crippen molar-refractivity contribution in [1.82, 2.24) is 5.32 Å². The predicted molar refractivity (Wildman–Crippen MR) is 122 cm³/mol. The van der Waals surface area contributed by atoms with Gasteiger partial charge in [0.2, 0.25) is 15.9 Å². The smallest absolute Gasteiger partial charge is 0.232 e. The first-order chi connectivity index (χ1) is 14.2. The highest BCUT2D eigenvalue weighted by Gasteiger charge is 2.19. The van der Waals surface area contributed by atoms with Crippen molar-refractivity contribution in [1.29, 1.82) is 0 Å². The molecule has 1 atom stereocenters. The maximum Gasteiger partial charge on any atom is 0.232 e. The fraction of sp³-hybridized carbons (Fsp3) is 0.409. The van der Waals surface area contributed by atoms with E-state index in [1.807, 2.05) is 19.1 Å². The largest absolute Gasteiger partial charge is 0.495 e. The lowest BCUT2D eigenvalue weighted by Gasteiger charge is -2.23. The Morgan fingerprint density at radius 1 is 1.20 bits per heavy atom. The molecule has 30 heavy (non-hydrogen) atoms. The van der Waals surface area contributed by atoms with Gasteiger partial charge >= 0.3 is 0 Å². The van der Waals surface area contributed by atoms with Gasteiger partial charge in [0.25, 0.3) is 0 Å². The quantitative estimate of drug-likeness (QED) is 0.582. The maximum absolute atomic E-state index is 12.3. The molecule has 164 valence electrons. The normalized spacial score (nSPS) is 12.3. The first kappa shape index (κ1) is 24.0. The van der Waals surface area contributed by atoms with Gasteiger partial charge in [-0.1, -0.05) is 42.8 Å². The number of hydrogen-bond acceptors (Lipinski definition) is 4. The van der Waals surface area contributed by atoms with Crippen LogP contribution in [-0.4, -0.2) is 34.2 Å². The van der Waals surface area contributed by atoms with E-state index in [9.17, 15) is 13.2 Å². The highest BCUT2D eigenvalue weighted by atomic mass is 35.5. The zero-order valence-electron chi connectivity index (χ0n) is 17.8. The van der Waals surface area contributed by atoms with Gasteiger partial charge in [0.15, 0.2) is 0 Å². The van der Waals surface area contributed by atoms with E-state index < -0.39 is 10.0 Å². The maximum atomic E-state index is 12.3. The number of nitrogens with one attached hydrogen (secondary N) is 1. The van der Waals surface area contributed by atoms with Crippen molar-refractivity contribution in [3.63, 3.8) is 0 Å². The molecule has 6 nitrogen and oxygen atoms in total. The van der Waals surface area contributed by atoms with Crippen molar-refractivity contribution in [2.45, 2.75) is 39.2 Å². The van der Waals surface area contributed by atoms with Crippen LogP contribution in [0.5, 0.6) is 5.75 Å². The second kappa shape index (κ2) is 10.7. The van der Waals surface area contributed by atoms with E-state index in [0.29, 0.717) is 22.9 Å². The molecular weight excluding hydrogens is 424 g/mol. The summed E-state index contributed by atoms with van der Waals surface area (Å²) < 4.78 is 30.8. The van der Waals surface area contributed by atoms with Gasteiger partial charge in [0.1, 0.15) is 5.75 Å². The number of carbonyl (C=O) groups is 1. The number of nitrogens with zero attached hydrogens (tertiary/aromatic N) is 1. The van der Waals surface area contributed by atoms with E-state index in [1.165, 1.54) is 17.0 Å². The summed E-state index contributed by atoms with van der Waals surface area (Å²) in [6.07, 6.45) is 2.70. The summed E-state index contributed by atoms with van der Waals surface area (Å²) in [5, 5.41) is 3.29. The molecular formula is C22H29ClN2O4S. The van der Waals surface area contributed by atoms with Gasteiger partial charge in [-0.25, -0.2) is 8.42 Å². The molecule has 8 heteroatoms. The number of aryl methyl sites for hydroxylation is 1. The van der Waals surface area contributed by atoms with Crippen LogP contribution in [0, 0.1) is 0 Å². The molecule has 0 aliphatic carbocycles. The summed E-state index contributed by atoms with van der Waals surface area (Å²) >= 11 is 6.13. The third-order valence-corrected chi connectivity index (χ3v) is 6.34. The molecule has 2 rings (SSSR count).